The van der Waals surface area contributed by atoms with Crippen LogP contribution < -0.4 is 0 Å². The molecule has 1 aromatic rings. The Kier molecular flexibility index (Phi) is 6.00. The van der Waals surface area contributed by atoms with E-state index in [9.17, 15) is 4.79 Å². The van der Waals surface area contributed by atoms with Gasteiger partial charge in [-0.15, -0.1) is 0 Å². The minimum atomic E-state index is -0.797. The standard InChI is InChI=1S/C13H22BrN3O2/c1-5-9(3)17(8-12(18)19)7-11-13(14)10(6-2)15-16(11)4/h9H,5-8H2,1-4H3,(H,18,19). The third-order valence-corrected chi connectivity index (χ3v) is 4.32. The van der Waals surface area contributed by atoms with E-state index in [0.717, 1.165) is 28.7 Å². The van der Waals surface area contributed by atoms with Crippen LogP contribution in [0, 0.1) is 0 Å². The third-order valence-electron chi connectivity index (χ3n) is 3.41. The molecule has 1 atom stereocenters. The Balaban J connectivity index is 2.95. The van der Waals surface area contributed by atoms with Gasteiger partial charge in [-0.25, -0.2) is 0 Å². The van der Waals surface area contributed by atoms with Crippen molar-refractivity contribution >= 4 is 21.9 Å². The number of aromatic nitrogens is 2. The molecule has 0 aliphatic rings. The second kappa shape index (κ2) is 7.05. The first kappa shape index (κ1) is 16.2. The summed E-state index contributed by atoms with van der Waals surface area (Å²) in [5.41, 5.74) is 2.04. The molecule has 0 amide bonds. The van der Waals surface area contributed by atoms with Crippen molar-refractivity contribution in [3.8, 4) is 0 Å². The molecule has 108 valence electrons. The zero-order valence-corrected chi connectivity index (χ0v) is 13.6. The van der Waals surface area contributed by atoms with Gasteiger partial charge >= 0.3 is 5.97 Å². The largest absolute Gasteiger partial charge is 0.480 e. The van der Waals surface area contributed by atoms with Crippen molar-refractivity contribution in [3.63, 3.8) is 0 Å². The second-order valence-corrected chi connectivity index (χ2v) is 5.53. The minimum Gasteiger partial charge on any atom is -0.480 e. The van der Waals surface area contributed by atoms with Gasteiger partial charge in [-0.3, -0.25) is 14.4 Å². The lowest BCUT2D eigenvalue weighted by Crippen LogP contribution is -2.37. The molecule has 5 nitrogen and oxygen atoms in total. The molecule has 1 unspecified atom stereocenters. The lowest BCUT2D eigenvalue weighted by atomic mass is 10.2. The summed E-state index contributed by atoms with van der Waals surface area (Å²) in [6.07, 6.45) is 1.78. The highest BCUT2D eigenvalue weighted by Gasteiger charge is 2.20. The van der Waals surface area contributed by atoms with Crippen LogP contribution in [-0.4, -0.2) is 38.3 Å². The van der Waals surface area contributed by atoms with E-state index in [2.05, 4.69) is 34.9 Å². The molecule has 0 fully saturated rings. The average molecular weight is 332 g/mol. The fourth-order valence-corrected chi connectivity index (χ4v) is 2.73. The van der Waals surface area contributed by atoms with Crippen LogP contribution >= 0.6 is 15.9 Å². The molecule has 1 rings (SSSR count). The first-order valence-corrected chi connectivity index (χ1v) is 7.36. The summed E-state index contributed by atoms with van der Waals surface area (Å²) in [7, 11) is 1.90. The number of halogens is 1. The molecule has 6 heteroatoms. The van der Waals surface area contributed by atoms with Crippen LogP contribution in [0.1, 0.15) is 38.6 Å². The maximum absolute atomic E-state index is 11.0. The lowest BCUT2D eigenvalue weighted by molar-refractivity contribution is -0.139. The summed E-state index contributed by atoms with van der Waals surface area (Å²) in [5.74, 6) is -0.797. The van der Waals surface area contributed by atoms with Gasteiger partial charge in [-0.2, -0.15) is 5.10 Å². The summed E-state index contributed by atoms with van der Waals surface area (Å²) in [6, 6.07) is 0.225. The Labute approximate surface area is 122 Å². The van der Waals surface area contributed by atoms with E-state index in [0.29, 0.717) is 6.54 Å². The predicted molar refractivity (Wildman–Crippen MR) is 78.1 cm³/mol. The normalized spacial score (nSPS) is 12.9. The quantitative estimate of drug-likeness (QED) is 0.833. The fraction of sp³-hybridized carbons (Fsp3) is 0.692. The smallest absolute Gasteiger partial charge is 0.317 e. The zero-order valence-electron chi connectivity index (χ0n) is 12.0. The Morgan fingerprint density at radius 2 is 2.16 bits per heavy atom. The van der Waals surface area contributed by atoms with E-state index in [1.165, 1.54) is 0 Å². The predicted octanol–water partition coefficient (Wildman–Crippen LogP) is 2.43. The van der Waals surface area contributed by atoms with Gasteiger partial charge in [-0.05, 0) is 35.7 Å². The van der Waals surface area contributed by atoms with Crippen LogP contribution in [0.2, 0.25) is 0 Å². The van der Waals surface area contributed by atoms with Crippen LogP contribution in [0.3, 0.4) is 0 Å². The Bertz CT molecular complexity index is 445. The monoisotopic (exact) mass is 331 g/mol. The third kappa shape index (κ3) is 4.04. The van der Waals surface area contributed by atoms with Gasteiger partial charge in [0.05, 0.1) is 22.4 Å². The molecule has 0 saturated heterocycles. The number of nitrogens with zero attached hydrogens (tertiary/aromatic N) is 3. The lowest BCUT2D eigenvalue weighted by Gasteiger charge is -2.26. The van der Waals surface area contributed by atoms with Gasteiger partial charge in [0.15, 0.2) is 0 Å². The molecular formula is C13H22BrN3O2. The minimum absolute atomic E-state index is 0.0497. The van der Waals surface area contributed by atoms with Gasteiger partial charge in [0.1, 0.15) is 0 Å². The van der Waals surface area contributed by atoms with E-state index in [4.69, 9.17) is 5.11 Å². The van der Waals surface area contributed by atoms with Crippen molar-refractivity contribution in [2.75, 3.05) is 6.54 Å². The molecule has 0 aromatic carbocycles. The maximum atomic E-state index is 11.0. The van der Waals surface area contributed by atoms with Gasteiger partial charge in [0.2, 0.25) is 0 Å². The van der Waals surface area contributed by atoms with Crippen molar-refractivity contribution in [1.29, 1.82) is 0 Å². The molecule has 0 spiro atoms. The summed E-state index contributed by atoms with van der Waals surface area (Å²) in [6.45, 7) is 6.81. The summed E-state index contributed by atoms with van der Waals surface area (Å²) >= 11 is 3.57. The highest BCUT2D eigenvalue weighted by Crippen LogP contribution is 2.23. The van der Waals surface area contributed by atoms with Crippen LogP contribution in [0.25, 0.3) is 0 Å². The molecule has 1 heterocycles. The summed E-state index contributed by atoms with van der Waals surface area (Å²) in [5, 5.41) is 13.5. The summed E-state index contributed by atoms with van der Waals surface area (Å²) in [4.78, 5) is 12.9. The second-order valence-electron chi connectivity index (χ2n) is 4.74. The highest BCUT2D eigenvalue weighted by atomic mass is 79.9. The fourth-order valence-electron chi connectivity index (χ4n) is 1.98. The number of carboxylic acid groups (broad SMARTS) is 1. The molecule has 1 aromatic heterocycles. The van der Waals surface area contributed by atoms with Gasteiger partial charge in [-0.1, -0.05) is 13.8 Å². The summed E-state index contributed by atoms with van der Waals surface area (Å²) < 4.78 is 2.83. The molecule has 0 aliphatic carbocycles. The van der Waals surface area contributed by atoms with Gasteiger partial charge in [0, 0.05) is 19.6 Å². The van der Waals surface area contributed by atoms with Crippen molar-refractivity contribution in [1.82, 2.24) is 14.7 Å². The van der Waals surface area contributed by atoms with Gasteiger partial charge in [0.25, 0.3) is 0 Å². The number of carboxylic acids is 1. The number of hydrogen-bond acceptors (Lipinski definition) is 3. The number of aryl methyl sites for hydroxylation is 2. The Morgan fingerprint density at radius 3 is 2.58 bits per heavy atom. The van der Waals surface area contributed by atoms with E-state index in [1.807, 2.05) is 23.6 Å². The van der Waals surface area contributed by atoms with Crippen molar-refractivity contribution in [3.05, 3.63) is 15.9 Å². The first-order chi connectivity index (χ1) is 8.90. The van der Waals surface area contributed by atoms with Crippen LogP contribution in [-0.2, 0) is 24.8 Å². The highest BCUT2D eigenvalue weighted by molar-refractivity contribution is 9.10. The molecule has 0 saturated carbocycles. The van der Waals surface area contributed by atoms with E-state index in [-0.39, 0.29) is 12.6 Å². The van der Waals surface area contributed by atoms with E-state index < -0.39 is 5.97 Å². The van der Waals surface area contributed by atoms with Crippen molar-refractivity contribution in [2.24, 2.45) is 7.05 Å². The van der Waals surface area contributed by atoms with E-state index >= 15 is 0 Å². The Hall–Kier alpha value is -0.880. The average Bonchev–Trinajstić information content (AvgIpc) is 2.63. The molecule has 19 heavy (non-hydrogen) atoms. The van der Waals surface area contributed by atoms with Crippen LogP contribution in [0.5, 0.6) is 0 Å². The maximum Gasteiger partial charge on any atom is 0.317 e. The molecule has 0 radical (unpaired) electrons. The van der Waals surface area contributed by atoms with Crippen LogP contribution in [0.15, 0.2) is 4.47 Å². The number of rotatable bonds is 7. The molecule has 1 N–H and O–H groups in total. The van der Waals surface area contributed by atoms with Crippen molar-refractivity contribution < 1.29 is 9.90 Å². The van der Waals surface area contributed by atoms with E-state index in [1.54, 1.807) is 0 Å². The Morgan fingerprint density at radius 1 is 1.53 bits per heavy atom. The first-order valence-electron chi connectivity index (χ1n) is 6.56. The van der Waals surface area contributed by atoms with Gasteiger partial charge < -0.3 is 5.11 Å². The number of aliphatic carboxylic acids is 1. The number of carbonyl (C=O) groups is 1. The number of hydrogen-bond donors (Lipinski definition) is 1. The topological polar surface area (TPSA) is 58.4 Å². The zero-order chi connectivity index (χ0) is 14.6. The molecular weight excluding hydrogens is 310 g/mol. The molecule has 0 bridgehead atoms. The van der Waals surface area contributed by atoms with Crippen LogP contribution in [0.4, 0.5) is 0 Å². The molecule has 0 aliphatic heterocycles. The SMILES string of the molecule is CCc1nn(C)c(CN(CC(=O)O)C(C)CC)c1Br. The van der Waals surface area contributed by atoms with Crippen molar-refractivity contribution in [2.45, 2.75) is 46.2 Å².